The van der Waals surface area contributed by atoms with E-state index in [-0.39, 0.29) is 0 Å². The number of rotatable bonds is 1. The second kappa shape index (κ2) is 5.95. The summed E-state index contributed by atoms with van der Waals surface area (Å²) in [5.41, 5.74) is -0.466. The van der Waals surface area contributed by atoms with Gasteiger partial charge in [-0.05, 0) is 12.8 Å². The van der Waals surface area contributed by atoms with Crippen LogP contribution in [0.5, 0.6) is 0 Å². The van der Waals surface area contributed by atoms with E-state index < -0.39 is 29.2 Å². The summed E-state index contributed by atoms with van der Waals surface area (Å²) in [6, 6.07) is 0.691. The lowest BCUT2D eigenvalue weighted by atomic mass is 10.2. The SMILES string of the molecule is O=C(Nc1cc(F)cc(F)c1F)N1CCCCCC1. The van der Waals surface area contributed by atoms with Gasteiger partial charge in [-0.25, -0.2) is 18.0 Å². The third-order valence-corrected chi connectivity index (χ3v) is 3.13. The highest BCUT2D eigenvalue weighted by Gasteiger charge is 2.18. The number of hydrogen-bond acceptors (Lipinski definition) is 1. The Morgan fingerprint density at radius 3 is 2.32 bits per heavy atom. The Kier molecular flexibility index (Phi) is 4.29. The zero-order valence-electron chi connectivity index (χ0n) is 10.4. The molecule has 1 aliphatic heterocycles. The van der Waals surface area contributed by atoms with Gasteiger partial charge in [0.25, 0.3) is 0 Å². The lowest BCUT2D eigenvalue weighted by Crippen LogP contribution is -2.35. The first-order chi connectivity index (χ1) is 9.08. The van der Waals surface area contributed by atoms with E-state index in [1.165, 1.54) is 4.90 Å². The molecule has 1 heterocycles. The van der Waals surface area contributed by atoms with Crippen LogP contribution in [-0.2, 0) is 0 Å². The van der Waals surface area contributed by atoms with Gasteiger partial charge in [-0.2, -0.15) is 0 Å². The van der Waals surface area contributed by atoms with Crippen molar-refractivity contribution in [2.45, 2.75) is 25.7 Å². The molecule has 0 atom stereocenters. The summed E-state index contributed by atoms with van der Waals surface area (Å²) in [4.78, 5) is 13.4. The average molecular weight is 272 g/mol. The summed E-state index contributed by atoms with van der Waals surface area (Å²) in [7, 11) is 0. The van der Waals surface area contributed by atoms with Crippen molar-refractivity contribution in [2.24, 2.45) is 0 Å². The molecule has 19 heavy (non-hydrogen) atoms. The lowest BCUT2D eigenvalue weighted by molar-refractivity contribution is 0.213. The molecule has 0 spiro atoms. The maximum atomic E-state index is 13.4. The van der Waals surface area contributed by atoms with E-state index in [1.54, 1.807) is 0 Å². The molecule has 0 aliphatic carbocycles. The van der Waals surface area contributed by atoms with Crippen molar-refractivity contribution in [3.63, 3.8) is 0 Å². The van der Waals surface area contributed by atoms with E-state index >= 15 is 0 Å². The van der Waals surface area contributed by atoms with E-state index in [2.05, 4.69) is 5.32 Å². The van der Waals surface area contributed by atoms with Crippen molar-refractivity contribution in [1.29, 1.82) is 0 Å². The van der Waals surface area contributed by atoms with Crippen LogP contribution in [0.4, 0.5) is 23.7 Å². The third kappa shape index (κ3) is 3.39. The number of nitrogens with zero attached hydrogens (tertiary/aromatic N) is 1. The van der Waals surface area contributed by atoms with Crippen LogP contribution in [0, 0.1) is 17.5 Å². The quantitative estimate of drug-likeness (QED) is 0.779. The van der Waals surface area contributed by atoms with Gasteiger partial charge in [-0.1, -0.05) is 12.8 Å². The second-order valence-corrected chi connectivity index (χ2v) is 4.58. The molecule has 1 aliphatic rings. The van der Waals surface area contributed by atoms with Gasteiger partial charge >= 0.3 is 6.03 Å². The van der Waals surface area contributed by atoms with Crippen molar-refractivity contribution < 1.29 is 18.0 Å². The number of nitrogens with one attached hydrogen (secondary N) is 1. The fourth-order valence-electron chi connectivity index (χ4n) is 2.11. The Bertz CT molecular complexity index is 471. The van der Waals surface area contributed by atoms with Gasteiger partial charge in [-0.3, -0.25) is 0 Å². The maximum Gasteiger partial charge on any atom is 0.321 e. The summed E-state index contributed by atoms with van der Waals surface area (Å²) >= 11 is 0. The van der Waals surface area contributed by atoms with Crippen LogP contribution in [0.25, 0.3) is 0 Å². The molecule has 1 aromatic carbocycles. The molecule has 1 aromatic rings. The first kappa shape index (κ1) is 13.7. The minimum atomic E-state index is -1.31. The summed E-state index contributed by atoms with van der Waals surface area (Å²) in [6.45, 7) is 1.15. The summed E-state index contributed by atoms with van der Waals surface area (Å²) in [5, 5.41) is 2.22. The number of carbonyl (C=O) groups excluding carboxylic acids is 1. The lowest BCUT2D eigenvalue weighted by Gasteiger charge is -2.21. The van der Waals surface area contributed by atoms with Gasteiger partial charge in [0, 0.05) is 25.2 Å². The first-order valence-corrected chi connectivity index (χ1v) is 6.28. The largest absolute Gasteiger partial charge is 0.325 e. The Labute approximate surface area is 109 Å². The van der Waals surface area contributed by atoms with Gasteiger partial charge in [0.05, 0.1) is 5.69 Å². The highest BCUT2D eigenvalue weighted by molar-refractivity contribution is 5.89. The monoisotopic (exact) mass is 272 g/mol. The van der Waals surface area contributed by atoms with Gasteiger partial charge in [-0.15, -0.1) is 0 Å². The number of carbonyl (C=O) groups is 1. The molecule has 0 aromatic heterocycles. The van der Waals surface area contributed by atoms with Crippen LogP contribution >= 0.6 is 0 Å². The number of urea groups is 1. The van der Waals surface area contributed by atoms with Gasteiger partial charge in [0.1, 0.15) is 5.82 Å². The standard InChI is InChI=1S/C13H15F3N2O/c14-9-7-10(15)12(16)11(8-9)17-13(19)18-5-3-1-2-4-6-18/h7-8H,1-6H2,(H,17,19). The maximum absolute atomic E-state index is 13.4. The van der Waals surface area contributed by atoms with Gasteiger partial charge in [0.15, 0.2) is 11.6 Å². The zero-order chi connectivity index (χ0) is 13.8. The van der Waals surface area contributed by atoms with E-state index in [0.717, 1.165) is 31.7 Å². The van der Waals surface area contributed by atoms with Crippen LogP contribution in [0.3, 0.4) is 0 Å². The van der Waals surface area contributed by atoms with E-state index in [1.807, 2.05) is 0 Å². The van der Waals surface area contributed by atoms with Crippen LogP contribution in [0.2, 0.25) is 0 Å². The summed E-state index contributed by atoms with van der Waals surface area (Å²) in [6.07, 6.45) is 3.86. The van der Waals surface area contributed by atoms with Crippen LogP contribution < -0.4 is 5.32 Å². The second-order valence-electron chi connectivity index (χ2n) is 4.58. The van der Waals surface area contributed by atoms with Crippen molar-refractivity contribution in [1.82, 2.24) is 4.90 Å². The Hall–Kier alpha value is -1.72. The summed E-state index contributed by atoms with van der Waals surface area (Å²) < 4.78 is 39.4. The zero-order valence-corrected chi connectivity index (χ0v) is 10.4. The summed E-state index contributed by atoms with van der Waals surface area (Å²) in [5.74, 6) is -3.49. The third-order valence-electron chi connectivity index (χ3n) is 3.13. The predicted octanol–water partition coefficient (Wildman–Crippen LogP) is 3.51. The number of benzene rings is 1. The molecule has 104 valence electrons. The topological polar surface area (TPSA) is 32.3 Å². The normalized spacial score (nSPS) is 16.1. The Morgan fingerprint density at radius 1 is 1.05 bits per heavy atom. The number of hydrogen-bond donors (Lipinski definition) is 1. The van der Waals surface area contributed by atoms with E-state index in [0.29, 0.717) is 19.2 Å². The fraction of sp³-hybridized carbons (Fsp3) is 0.462. The molecular formula is C13H15F3N2O. The Balaban J connectivity index is 2.09. The molecule has 0 saturated carbocycles. The van der Waals surface area contributed by atoms with Crippen molar-refractivity contribution >= 4 is 11.7 Å². The molecular weight excluding hydrogens is 257 g/mol. The minimum absolute atomic E-state index is 0.441. The average Bonchev–Trinajstić information content (AvgIpc) is 2.64. The minimum Gasteiger partial charge on any atom is -0.325 e. The molecule has 1 fully saturated rings. The molecule has 1 saturated heterocycles. The highest BCUT2D eigenvalue weighted by atomic mass is 19.2. The van der Waals surface area contributed by atoms with Crippen LogP contribution in [0.1, 0.15) is 25.7 Å². The smallest absolute Gasteiger partial charge is 0.321 e. The number of halogens is 3. The fourth-order valence-corrected chi connectivity index (χ4v) is 2.11. The van der Waals surface area contributed by atoms with E-state index in [4.69, 9.17) is 0 Å². The van der Waals surface area contributed by atoms with Gasteiger partial charge < -0.3 is 10.2 Å². The van der Waals surface area contributed by atoms with Crippen LogP contribution in [0.15, 0.2) is 12.1 Å². The molecule has 0 radical (unpaired) electrons. The molecule has 3 nitrogen and oxygen atoms in total. The van der Waals surface area contributed by atoms with Gasteiger partial charge in [0.2, 0.25) is 0 Å². The number of likely N-dealkylation sites (tertiary alicyclic amines) is 1. The molecule has 6 heteroatoms. The first-order valence-electron chi connectivity index (χ1n) is 6.28. The molecule has 2 amide bonds. The Morgan fingerprint density at radius 2 is 1.68 bits per heavy atom. The molecule has 0 bridgehead atoms. The van der Waals surface area contributed by atoms with Crippen molar-refractivity contribution in [2.75, 3.05) is 18.4 Å². The predicted molar refractivity (Wildman–Crippen MR) is 65.4 cm³/mol. The van der Waals surface area contributed by atoms with Crippen molar-refractivity contribution in [3.8, 4) is 0 Å². The molecule has 0 unspecified atom stereocenters. The number of amides is 2. The van der Waals surface area contributed by atoms with Crippen LogP contribution in [-0.4, -0.2) is 24.0 Å². The van der Waals surface area contributed by atoms with Crippen molar-refractivity contribution in [3.05, 3.63) is 29.6 Å². The molecule has 2 rings (SSSR count). The number of anilines is 1. The highest BCUT2D eigenvalue weighted by Crippen LogP contribution is 2.20. The molecule has 1 N–H and O–H groups in total. The van der Waals surface area contributed by atoms with E-state index in [9.17, 15) is 18.0 Å².